The Morgan fingerprint density at radius 2 is 1.43 bits per heavy atom. The molecule has 1 aromatic heterocycles. The van der Waals surface area contributed by atoms with Crippen LogP contribution in [0.25, 0.3) is 5.69 Å². The number of benzene rings is 3. The zero-order valence-corrected chi connectivity index (χ0v) is 24.3. The van der Waals surface area contributed by atoms with Gasteiger partial charge in [0, 0.05) is 23.6 Å². The molecule has 2 fully saturated rings. The number of aromatic hydroxyl groups is 1. The number of aromatic nitrogens is 3. The molecule has 4 atom stereocenters. The van der Waals surface area contributed by atoms with E-state index in [1.807, 2.05) is 6.08 Å². The summed E-state index contributed by atoms with van der Waals surface area (Å²) in [6.07, 6.45) is 1.98. The van der Waals surface area contributed by atoms with Crippen molar-refractivity contribution in [2.24, 2.45) is 11.3 Å². The van der Waals surface area contributed by atoms with Gasteiger partial charge in [0.1, 0.15) is 17.2 Å². The van der Waals surface area contributed by atoms with Crippen molar-refractivity contribution in [3.8, 4) is 22.9 Å². The van der Waals surface area contributed by atoms with Crippen LogP contribution in [0, 0.1) is 11.3 Å². The molecule has 1 saturated heterocycles. The molecule has 11 nitrogen and oxygen atoms in total. The van der Waals surface area contributed by atoms with Gasteiger partial charge in [-0.15, -0.1) is 0 Å². The highest BCUT2D eigenvalue weighted by Gasteiger charge is 2.66. The Hall–Kier alpha value is -5.32. The monoisotopic (exact) mass is 594 g/mol. The Balaban J connectivity index is 1.49. The third-order valence-electron chi connectivity index (χ3n) is 9.38. The van der Waals surface area contributed by atoms with Gasteiger partial charge in [0.15, 0.2) is 0 Å². The first-order chi connectivity index (χ1) is 21.2. The van der Waals surface area contributed by atoms with Crippen molar-refractivity contribution >= 4 is 17.5 Å². The van der Waals surface area contributed by atoms with Gasteiger partial charge < -0.3 is 14.6 Å². The number of allylic oxidation sites excluding steroid dienone is 2. The molecule has 224 valence electrons. The van der Waals surface area contributed by atoms with Gasteiger partial charge in [0.2, 0.25) is 11.8 Å². The lowest BCUT2D eigenvalue weighted by Gasteiger charge is -2.47. The number of carbonyl (C=O) groups is 2. The molecule has 0 bridgehead atoms. The van der Waals surface area contributed by atoms with E-state index in [-0.39, 0.29) is 36.1 Å². The first-order valence-corrected chi connectivity index (χ1v) is 14.3. The molecule has 2 aliphatic heterocycles. The average Bonchev–Trinajstić information content (AvgIpc) is 3.41. The molecule has 1 saturated carbocycles. The number of carbonyl (C=O) groups excluding carboxylic acids is 2. The molecule has 0 spiro atoms. The number of phenolic OH excluding ortho intramolecular Hbond substituents is 1. The van der Waals surface area contributed by atoms with Crippen molar-refractivity contribution in [3.05, 3.63) is 111 Å². The Kier molecular flexibility index (Phi) is 6.17. The number of anilines is 1. The van der Waals surface area contributed by atoms with Crippen molar-refractivity contribution < 1.29 is 24.2 Å². The molecule has 3 heterocycles. The molecule has 3 aliphatic rings. The summed E-state index contributed by atoms with van der Waals surface area (Å²) >= 11 is 0. The number of hydrogen-bond acceptors (Lipinski definition) is 7. The van der Waals surface area contributed by atoms with E-state index < -0.39 is 40.6 Å². The van der Waals surface area contributed by atoms with Gasteiger partial charge in [0.05, 0.1) is 49.5 Å². The maximum Gasteiger partial charge on any atom is 0.352 e. The highest BCUT2D eigenvalue weighted by atomic mass is 16.5. The number of hydrogen-bond donors (Lipinski definition) is 1. The summed E-state index contributed by atoms with van der Waals surface area (Å²) in [6.45, 7) is 1.85. The zero-order chi connectivity index (χ0) is 30.9. The van der Waals surface area contributed by atoms with Crippen molar-refractivity contribution in [1.82, 2.24) is 13.9 Å². The van der Waals surface area contributed by atoms with Crippen molar-refractivity contribution in [2.45, 2.75) is 31.8 Å². The molecule has 44 heavy (non-hydrogen) atoms. The lowest BCUT2D eigenvalue weighted by molar-refractivity contribution is -0.129. The summed E-state index contributed by atoms with van der Waals surface area (Å²) < 4.78 is 15.4. The van der Waals surface area contributed by atoms with Gasteiger partial charge in [-0.2, -0.15) is 0 Å². The number of rotatable bonds is 5. The molecule has 1 aliphatic carbocycles. The number of methoxy groups -OCH3 is 2. The fraction of sp³-hybridized carbons (Fsp3) is 0.273. The minimum absolute atomic E-state index is 0.0736. The van der Waals surface area contributed by atoms with Crippen molar-refractivity contribution in [1.29, 1.82) is 0 Å². The normalized spacial score (nSPS) is 23.9. The first kappa shape index (κ1) is 27.5. The summed E-state index contributed by atoms with van der Waals surface area (Å²) in [6, 6.07) is 19.6. The lowest BCUT2D eigenvalue weighted by atomic mass is 9.56. The van der Waals surface area contributed by atoms with E-state index in [4.69, 9.17) is 9.47 Å². The van der Waals surface area contributed by atoms with Crippen LogP contribution in [-0.4, -0.2) is 45.1 Å². The smallest absolute Gasteiger partial charge is 0.352 e. The number of phenols is 1. The SMILES string of the molecule is COc1cc(O)cc(OC)c1[C@H]1C2=CCn3c(=O)n(-c4ccccc4)c(=O)n3[C@@H]2C[C@H]2C(=O)N(c3ccccc3)C(=O)[C@@]12C. The van der Waals surface area contributed by atoms with Crippen molar-refractivity contribution in [2.75, 3.05) is 19.1 Å². The second kappa shape index (κ2) is 9.87. The quantitative estimate of drug-likeness (QED) is 0.277. The Labute approximate surface area is 251 Å². The van der Waals surface area contributed by atoms with Gasteiger partial charge in [-0.1, -0.05) is 42.5 Å². The van der Waals surface area contributed by atoms with Crippen LogP contribution in [0.3, 0.4) is 0 Å². The minimum atomic E-state index is -1.32. The standard InChI is InChI=1S/C33H30N4O7/c1-33-23(29(39)35(30(33)40)19-10-6-4-7-11-19)18-24-22(28(33)27-25(43-2)16-21(38)17-26(27)44-3)14-15-34-31(41)36(32(42)37(24)34)20-12-8-5-9-13-20/h4-14,16-17,23-24,28,38H,15,18H2,1-3H3/t23-,24+,28+,33+/m0/s1. The van der Waals surface area contributed by atoms with Gasteiger partial charge in [0.25, 0.3) is 0 Å². The molecular formula is C33H30N4O7. The van der Waals surface area contributed by atoms with E-state index >= 15 is 0 Å². The van der Waals surface area contributed by atoms with E-state index in [0.717, 1.165) is 4.57 Å². The molecule has 0 radical (unpaired) electrons. The van der Waals surface area contributed by atoms with E-state index in [2.05, 4.69) is 0 Å². The topological polar surface area (TPSA) is 125 Å². The van der Waals surface area contributed by atoms with E-state index in [0.29, 0.717) is 22.5 Å². The van der Waals surface area contributed by atoms with E-state index in [1.54, 1.807) is 67.6 Å². The van der Waals surface area contributed by atoms with Crippen LogP contribution in [0.1, 0.15) is 30.9 Å². The average molecular weight is 595 g/mol. The molecule has 1 N–H and O–H groups in total. The number of ether oxygens (including phenoxy) is 2. The number of para-hydroxylation sites is 2. The van der Waals surface area contributed by atoms with Crippen molar-refractivity contribution in [3.63, 3.8) is 0 Å². The highest BCUT2D eigenvalue weighted by molar-refractivity contribution is 6.24. The molecule has 2 amide bonds. The van der Waals surface area contributed by atoms with Gasteiger partial charge in [-0.3, -0.25) is 9.59 Å². The zero-order valence-electron chi connectivity index (χ0n) is 24.3. The highest BCUT2D eigenvalue weighted by Crippen LogP contribution is 2.63. The summed E-state index contributed by atoms with van der Waals surface area (Å²) in [7, 11) is 2.90. The third kappa shape index (κ3) is 3.61. The maximum atomic E-state index is 14.6. The van der Waals surface area contributed by atoms with Crippen LogP contribution in [0.5, 0.6) is 17.2 Å². The molecule has 0 unspecified atom stereocenters. The second-order valence-corrected chi connectivity index (χ2v) is 11.5. The predicted molar refractivity (Wildman–Crippen MR) is 161 cm³/mol. The Bertz CT molecular complexity index is 1950. The summed E-state index contributed by atoms with van der Waals surface area (Å²) in [5.74, 6) is -2.01. The van der Waals surface area contributed by atoms with Gasteiger partial charge in [-0.25, -0.2) is 28.4 Å². The van der Waals surface area contributed by atoms with E-state index in [1.165, 1.54) is 40.6 Å². The third-order valence-corrected chi connectivity index (χ3v) is 9.38. The fourth-order valence-electron chi connectivity index (χ4n) is 7.42. The van der Waals surface area contributed by atoms with E-state index in [9.17, 15) is 24.3 Å². The molecule has 11 heteroatoms. The summed E-state index contributed by atoms with van der Waals surface area (Å²) in [5.41, 5.74) is -0.321. The van der Waals surface area contributed by atoms with Crippen LogP contribution in [0.2, 0.25) is 0 Å². The minimum Gasteiger partial charge on any atom is -0.508 e. The van der Waals surface area contributed by atoms with Crippen LogP contribution in [-0.2, 0) is 16.1 Å². The molecule has 4 aromatic rings. The van der Waals surface area contributed by atoms with Crippen LogP contribution in [0.4, 0.5) is 5.69 Å². The Morgan fingerprint density at radius 3 is 2.02 bits per heavy atom. The number of imide groups is 1. The largest absolute Gasteiger partial charge is 0.508 e. The maximum absolute atomic E-state index is 14.6. The second-order valence-electron chi connectivity index (χ2n) is 11.5. The number of amides is 2. The van der Waals surface area contributed by atoms with Crippen LogP contribution >= 0.6 is 0 Å². The number of fused-ring (bicyclic) bond motifs is 4. The molecular weight excluding hydrogens is 564 g/mol. The summed E-state index contributed by atoms with van der Waals surface area (Å²) in [4.78, 5) is 57.8. The van der Waals surface area contributed by atoms with Crippen LogP contribution < -0.4 is 25.8 Å². The van der Waals surface area contributed by atoms with Crippen LogP contribution in [0.15, 0.2) is 94.0 Å². The number of nitrogens with zero attached hydrogens (tertiary/aromatic N) is 4. The fourth-order valence-corrected chi connectivity index (χ4v) is 7.42. The van der Waals surface area contributed by atoms with Gasteiger partial charge in [-0.05, 0) is 43.2 Å². The Morgan fingerprint density at radius 1 is 0.841 bits per heavy atom. The first-order valence-electron chi connectivity index (χ1n) is 14.3. The predicted octanol–water partition coefficient (Wildman–Crippen LogP) is 3.39. The molecule has 7 rings (SSSR count). The molecule has 3 aromatic carbocycles. The van der Waals surface area contributed by atoms with Gasteiger partial charge >= 0.3 is 11.4 Å². The lowest BCUT2D eigenvalue weighted by Crippen LogP contribution is -2.49. The summed E-state index contributed by atoms with van der Waals surface area (Å²) in [5, 5.41) is 10.5.